The fraction of sp³-hybridized carbons (Fsp3) is 0.400. The average Bonchev–Trinajstić information content (AvgIpc) is 2.67. The molecule has 0 aliphatic rings. The van der Waals surface area contributed by atoms with Gasteiger partial charge in [0.1, 0.15) is 0 Å². The van der Waals surface area contributed by atoms with Crippen LogP contribution in [0.1, 0.15) is 18.9 Å². The lowest BCUT2D eigenvalue weighted by molar-refractivity contribution is -0.138. The Morgan fingerprint density at radius 3 is 2.79 bits per heavy atom. The Balaban J connectivity index is 2.25. The molecule has 1 aromatic carbocycles. The molecule has 19 heavy (non-hydrogen) atoms. The number of para-hydroxylation sites is 1. The largest absolute Gasteiger partial charge is 0.480 e. The standard InChI is InChI=1S/C15H20N2O2/c1-3-8-17(11-15(18)19)10-12-9-16(2)14-7-5-4-6-13(12)14/h4-7,9H,3,8,10-11H2,1-2H3,(H,18,19). The summed E-state index contributed by atoms with van der Waals surface area (Å²) in [6, 6.07) is 8.22. The molecule has 0 radical (unpaired) electrons. The molecule has 0 unspecified atom stereocenters. The minimum atomic E-state index is -0.770. The van der Waals surface area contributed by atoms with Crippen LogP contribution in [0.4, 0.5) is 0 Å². The van der Waals surface area contributed by atoms with Crippen LogP contribution in [-0.2, 0) is 18.4 Å². The Kier molecular flexibility index (Phi) is 4.22. The van der Waals surface area contributed by atoms with Gasteiger partial charge in [0.15, 0.2) is 0 Å². The van der Waals surface area contributed by atoms with Crippen molar-refractivity contribution in [3.05, 3.63) is 36.0 Å². The summed E-state index contributed by atoms with van der Waals surface area (Å²) in [7, 11) is 2.02. The molecule has 4 nitrogen and oxygen atoms in total. The maximum absolute atomic E-state index is 10.9. The molecule has 0 saturated heterocycles. The van der Waals surface area contributed by atoms with Crippen LogP contribution in [0.25, 0.3) is 10.9 Å². The average molecular weight is 260 g/mol. The van der Waals surface area contributed by atoms with Gasteiger partial charge in [-0.25, -0.2) is 0 Å². The molecule has 2 aromatic rings. The van der Waals surface area contributed by atoms with Gasteiger partial charge in [-0.1, -0.05) is 25.1 Å². The Morgan fingerprint density at radius 1 is 1.37 bits per heavy atom. The second kappa shape index (κ2) is 5.89. The van der Waals surface area contributed by atoms with Crippen LogP contribution in [0.5, 0.6) is 0 Å². The second-order valence-corrected chi connectivity index (χ2v) is 4.89. The molecule has 2 rings (SSSR count). The maximum atomic E-state index is 10.9. The number of fused-ring (bicyclic) bond motifs is 1. The van der Waals surface area contributed by atoms with Gasteiger partial charge >= 0.3 is 5.97 Å². The number of hydrogen-bond donors (Lipinski definition) is 1. The van der Waals surface area contributed by atoms with Crippen molar-refractivity contribution < 1.29 is 9.90 Å². The lowest BCUT2D eigenvalue weighted by Crippen LogP contribution is -2.29. The minimum absolute atomic E-state index is 0.0943. The number of carboxylic acids is 1. The fourth-order valence-electron chi connectivity index (χ4n) is 2.51. The molecular formula is C15H20N2O2. The van der Waals surface area contributed by atoms with Gasteiger partial charge in [-0.2, -0.15) is 0 Å². The SMILES string of the molecule is CCCN(CC(=O)O)Cc1cn(C)c2ccccc12. The first kappa shape index (κ1) is 13.6. The summed E-state index contributed by atoms with van der Waals surface area (Å²) in [6.07, 6.45) is 3.05. The summed E-state index contributed by atoms with van der Waals surface area (Å²) in [4.78, 5) is 12.9. The zero-order valence-corrected chi connectivity index (χ0v) is 11.5. The molecule has 1 heterocycles. The maximum Gasteiger partial charge on any atom is 0.317 e. The molecule has 0 aliphatic carbocycles. The number of nitrogens with zero attached hydrogens (tertiary/aromatic N) is 2. The topological polar surface area (TPSA) is 45.5 Å². The molecule has 0 bridgehead atoms. The summed E-state index contributed by atoms with van der Waals surface area (Å²) in [5.74, 6) is -0.770. The number of carbonyl (C=O) groups is 1. The highest BCUT2D eigenvalue weighted by Crippen LogP contribution is 2.21. The lowest BCUT2D eigenvalue weighted by Gasteiger charge is -2.18. The van der Waals surface area contributed by atoms with E-state index in [1.807, 2.05) is 24.1 Å². The zero-order chi connectivity index (χ0) is 13.8. The van der Waals surface area contributed by atoms with Crippen molar-refractivity contribution in [3.8, 4) is 0 Å². The number of rotatable bonds is 6. The number of benzene rings is 1. The number of aromatic nitrogens is 1. The van der Waals surface area contributed by atoms with E-state index >= 15 is 0 Å². The van der Waals surface area contributed by atoms with Crippen molar-refractivity contribution in [2.75, 3.05) is 13.1 Å². The molecular weight excluding hydrogens is 240 g/mol. The van der Waals surface area contributed by atoms with E-state index in [2.05, 4.69) is 29.8 Å². The molecule has 0 saturated carbocycles. The molecule has 0 aliphatic heterocycles. The van der Waals surface area contributed by atoms with Crippen LogP contribution in [0.2, 0.25) is 0 Å². The first-order valence-corrected chi connectivity index (χ1v) is 6.59. The van der Waals surface area contributed by atoms with E-state index in [0.29, 0.717) is 6.54 Å². The molecule has 0 spiro atoms. The number of carboxylic acid groups (broad SMARTS) is 1. The summed E-state index contributed by atoms with van der Waals surface area (Å²) in [5.41, 5.74) is 2.37. The van der Waals surface area contributed by atoms with Crippen molar-refractivity contribution in [1.29, 1.82) is 0 Å². The van der Waals surface area contributed by atoms with Gasteiger partial charge < -0.3 is 9.67 Å². The van der Waals surface area contributed by atoms with E-state index in [-0.39, 0.29) is 6.54 Å². The number of hydrogen-bond acceptors (Lipinski definition) is 2. The van der Waals surface area contributed by atoms with Gasteiger partial charge in [0.05, 0.1) is 6.54 Å². The van der Waals surface area contributed by atoms with E-state index in [0.717, 1.165) is 13.0 Å². The van der Waals surface area contributed by atoms with Crippen molar-refractivity contribution in [2.24, 2.45) is 7.05 Å². The Labute approximate surface area is 113 Å². The quantitative estimate of drug-likeness (QED) is 0.868. The Bertz CT molecular complexity index is 575. The second-order valence-electron chi connectivity index (χ2n) is 4.89. The predicted molar refractivity (Wildman–Crippen MR) is 76.1 cm³/mol. The van der Waals surface area contributed by atoms with Crippen LogP contribution < -0.4 is 0 Å². The van der Waals surface area contributed by atoms with Crippen molar-refractivity contribution in [2.45, 2.75) is 19.9 Å². The van der Waals surface area contributed by atoms with Crippen LogP contribution in [-0.4, -0.2) is 33.6 Å². The highest BCUT2D eigenvalue weighted by Gasteiger charge is 2.13. The number of aryl methyl sites for hydroxylation is 1. The first-order valence-electron chi connectivity index (χ1n) is 6.59. The zero-order valence-electron chi connectivity index (χ0n) is 11.5. The third-order valence-electron chi connectivity index (χ3n) is 3.27. The fourth-order valence-corrected chi connectivity index (χ4v) is 2.51. The van der Waals surface area contributed by atoms with Gasteiger partial charge in [-0.05, 0) is 24.6 Å². The van der Waals surface area contributed by atoms with Crippen LogP contribution in [0.3, 0.4) is 0 Å². The van der Waals surface area contributed by atoms with E-state index in [4.69, 9.17) is 5.11 Å². The van der Waals surface area contributed by atoms with Gasteiger partial charge in [-0.15, -0.1) is 0 Å². The Morgan fingerprint density at radius 2 is 2.11 bits per heavy atom. The molecule has 0 amide bonds. The molecule has 102 valence electrons. The molecule has 0 fully saturated rings. The lowest BCUT2D eigenvalue weighted by atomic mass is 10.1. The van der Waals surface area contributed by atoms with Crippen molar-refractivity contribution in [3.63, 3.8) is 0 Å². The smallest absolute Gasteiger partial charge is 0.317 e. The van der Waals surface area contributed by atoms with E-state index < -0.39 is 5.97 Å². The summed E-state index contributed by atoms with van der Waals surface area (Å²) in [5, 5.41) is 10.2. The monoisotopic (exact) mass is 260 g/mol. The normalized spacial score (nSPS) is 11.3. The molecule has 1 N–H and O–H groups in total. The van der Waals surface area contributed by atoms with Crippen LogP contribution in [0, 0.1) is 0 Å². The van der Waals surface area contributed by atoms with E-state index in [9.17, 15) is 4.79 Å². The van der Waals surface area contributed by atoms with Crippen LogP contribution >= 0.6 is 0 Å². The minimum Gasteiger partial charge on any atom is -0.480 e. The Hall–Kier alpha value is -1.81. The van der Waals surface area contributed by atoms with Gasteiger partial charge in [0.25, 0.3) is 0 Å². The summed E-state index contributed by atoms with van der Waals surface area (Å²) >= 11 is 0. The van der Waals surface area contributed by atoms with Crippen molar-refractivity contribution >= 4 is 16.9 Å². The third kappa shape index (κ3) is 3.15. The van der Waals surface area contributed by atoms with E-state index in [1.165, 1.54) is 16.5 Å². The summed E-state index contributed by atoms with van der Waals surface area (Å²) in [6.45, 7) is 3.64. The predicted octanol–water partition coefficient (Wildman–Crippen LogP) is 2.47. The molecule has 1 aromatic heterocycles. The van der Waals surface area contributed by atoms with Crippen molar-refractivity contribution in [1.82, 2.24) is 9.47 Å². The van der Waals surface area contributed by atoms with E-state index in [1.54, 1.807) is 0 Å². The van der Waals surface area contributed by atoms with Gasteiger partial charge in [0, 0.05) is 30.7 Å². The number of aliphatic carboxylic acids is 1. The third-order valence-corrected chi connectivity index (χ3v) is 3.27. The first-order chi connectivity index (χ1) is 9.11. The van der Waals surface area contributed by atoms with Gasteiger partial charge in [0.2, 0.25) is 0 Å². The van der Waals surface area contributed by atoms with Gasteiger partial charge in [-0.3, -0.25) is 9.69 Å². The highest BCUT2D eigenvalue weighted by molar-refractivity contribution is 5.83. The van der Waals surface area contributed by atoms with Crippen LogP contribution in [0.15, 0.2) is 30.5 Å². The highest BCUT2D eigenvalue weighted by atomic mass is 16.4. The molecule has 4 heteroatoms. The molecule has 0 atom stereocenters. The summed E-state index contributed by atoms with van der Waals surface area (Å²) < 4.78 is 2.09.